The summed E-state index contributed by atoms with van der Waals surface area (Å²) < 4.78 is 10.9. The topological polar surface area (TPSA) is 76.2 Å². The number of fused-ring (bicyclic) bond motifs is 1. The Morgan fingerprint density at radius 1 is 0.971 bits per heavy atom. The minimum atomic E-state index is -0.302. The van der Waals surface area contributed by atoms with E-state index in [1.165, 1.54) is 4.90 Å². The van der Waals surface area contributed by atoms with Crippen LogP contribution in [-0.4, -0.2) is 59.8 Å². The Labute approximate surface area is 207 Å². The van der Waals surface area contributed by atoms with Gasteiger partial charge in [0, 0.05) is 13.1 Å². The highest BCUT2D eigenvalue weighted by Crippen LogP contribution is 2.34. The molecule has 0 radical (unpaired) electrons. The van der Waals surface area contributed by atoms with Crippen LogP contribution in [-0.2, 0) is 20.9 Å². The van der Waals surface area contributed by atoms with Crippen molar-refractivity contribution < 1.29 is 23.9 Å². The van der Waals surface area contributed by atoms with Gasteiger partial charge in [0.2, 0.25) is 0 Å². The average Bonchev–Trinajstić information content (AvgIpc) is 3.16. The van der Waals surface area contributed by atoms with Crippen LogP contribution >= 0.6 is 11.8 Å². The summed E-state index contributed by atoms with van der Waals surface area (Å²) >= 11 is 0.942. The lowest BCUT2D eigenvalue weighted by Gasteiger charge is -2.26. The molecule has 2 heterocycles. The summed E-state index contributed by atoms with van der Waals surface area (Å²) in [7, 11) is 0. The zero-order chi connectivity index (χ0) is 24.2. The van der Waals surface area contributed by atoms with Gasteiger partial charge in [0.1, 0.15) is 5.75 Å². The van der Waals surface area contributed by atoms with E-state index in [4.69, 9.17) is 9.47 Å². The zero-order valence-corrected chi connectivity index (χ0v) is 19.8. The van der Waals surface area contributed by atoms with E-state index in [1.807, 2.05) is 42.5 Å². The van der Waals surface area contributed by atoms with Gasteiger partial charge in [-0.2, -0.15) is 0 Å². The van der Waals surface area contributed by atoms with E-state index in [9.17, 15) is 14.4 Å². The highest BCUT2D eigenvalue weighted by Gasteiger charge is 2.35. The molecule has 2 aliphatic heterocycles. The minimum Gasteiger partial charge on any atom is -0.484 e. The molecule has 0 spiro atoms. The first-order chi connectivity index (χ1) is 17.1. The third-order valence-corrected chi connectivity index (χ3v) is 6.89. The van der Waals surface area contributed by atoms with Crippen molar-refractivity contribution in [3.05, 3.63) is 82.8 Å². The number of rotatable bonds is 6. The van der Waals surface area contributed by atoms with Gasteiger partial charge in [-0.05, 0) is 51.9 Å². The maximum atomic E-state index is 13.0. The van der Waals surface area contributed by atoms with Crippen molar-refractivity contribution in [3.8, 4) is 5.75 Å². The largest absolute Gasteiger partial charge is 0.484 e. The monoisotopic (exact) mass is 488 g/mol. The van der Waals surface area contributed by atoms with Gasteiger partial charge in [-0.15, -0.1) is 0 Å². The Bertz CT molecular complexity index is 1290. The lowest BCUT2D eigenvalue weighted by molar-refractivity contribution is -0.137. The summed E-state index contributed by atoms with van der Waals surface area (Å²) in [4.78, 5) is 41.2. The molecule has 8 heteroatoms. The van der Waals surface area contributed by atoms with Crippen molar-refractivity contribution in [2.45, 2.75) is 6.54 Å². The second kappa shape index (κ2) is 10.3. The number of carbonyl (C=O) groups is 3. The molecular weight excluding hydrogens is 464 g/mol. The number of morpholine rings is 1. The van der Waals surface area contributed by atoms with Crippen molar-refractivity contribution in [1.82, 2.24) is 9.80 Å². The molecule has 0 aliphatic carbocycles. The van der Waals surface area contributed by atoms with Crippen molar-refractivity contribution in [3.63, 3.8) is 0 Å². The second-order valence-corrected chi connectivity index (χ2v) is 9.25. The fourth-order valence-corrected chi connectivity index (χ4v) is 4.94. The summed E-state index contributed by atoms with van der Waals surface area (Å²) in [6.45, 7) is 2.45. The van der Waals surface area contributed by atoms with Crippen LogP contribution in [0.2, 0.25) is 0 Å². The van der Waals surface area contributed by atoms with Gasteiger partial charge in [0.25, 0.3) is 17.1 Å². The smallest absolute Gasteiger partial charge is 0.293 e. The molecule has 2 aliphatic rings. The van der Waals surface area contributed by atoms with Gasteiger partial charge < -0.3 is 14.4 Å². The highest BCUT2D eigenvalue weighted by atomic mass is 32.2. The predicted molar refractivity (Wildman–Crippen MR) is 135 cm³/mol. The standard InChI is InChI=1S/C27H24N2O5S/c30-25(28-12-14-33-15-13-28)18-34-22-10-8-19(9-11-22)16-24-26(31)29(27(32)35-24)17-21-6-3-5-20-4-1-2-7-23(20)21/h1-11,16H,12-15,17-18H2/b24-16-. The van der Waals surface area contributed by atoms with Gasteiger partial charge in [0.15, 0.2) is 6.61 Å². The highest BCUT2D eigenvalue weighted by molar-refractivity contribution is 8.18. The van der Waals surface area contributed by atoms with Crippen LogP contribution in [0, 0.1) is 0 Å². The van der Waals surface area contributed by atoms with Crippen LogP contribution in [0.25, 0.3) is 16.8 Å². The van der Waals surface area contributed by atoms with Crippen LogP contribution < -0.4 is 4.74 Å². The molecule has 3 aromatic rings. The Kier molecular flexibility index (Phi) is 6.83. The number of imide groups is 1. The molecule has 3 aromatic carbocycles. The number of hydrogen-bond acceptors (Lipinski definition) is 6. The van der Waals surface area contributed by atoms with Gasteiger partial charge in [-0.25, -0.2) is 0 Å². The van der Waals surface area contributed by atoms with Crippen molar-refractivity contribution >= 4 is 45.7 Å². The first kappa shape index (κ1) is 23.1. The normalized spacial score (nSPS) is 17.4. The van der Waals surface area contributed by atoms with Crippen LogP contribution in [0.15, 0.2) is 71.6 Å². The van der Waals surface area contributed by atoms with Gasteiger partial charge in [-0.1, -0.05) is 54.6 Å². The molecule has 0 saturated carbocycles. The third-order valence-electron chi connectivity index (χ3n) is 5.99. The Balaban J connectivity index is 1.23. The van der Waals surface area contributed by atoms with Crippen LogP contribution in [0.5, 0.6) is 5.75 Å². The van der Waals surface area contributed by atoms with E-state index in [2.05, 4.69) is 0 Å². The quantitative estimate of drug-likeness (QED) is 0.481. The number of thioether (sulfide) groups is 1. The first-order valence-electron chi connectivity index (χ1n) is 11.4. The van der Waals surface area contributed by atoms with E-state index < -0.39 is 0 Å². The Morgan fingerprint density at radius 3 is 2.51 bits per heavy atom. The Hall–Kier alpha value is -3.62. The number of carbonyl (C=O) groups excluding carboxylic acids is 3. The molecule has 178 valence electrons. The van der Waals surface area contributed by atoms with E-state index in [0.717, 1.165) is 33.7 Å². The summed E-state index contributed by atoms with van der Waals surface area (Å²) in [5.41, 5.74) is 1.70. The SMILES string of the molecule is O=C(COc1ccc(/C=C2\SC(=O)N(Cc3cccc4ccccc34)C2=O)cc1)N1CCOCC1. The van der Waals surface area contributed by atoms with Crippen LogP contribution in [0.1, 0.15) is 11.1 Å². The second-order valence-electron chi connectivity index (χ2n) is 8.26. The predicted octanol–water partition coefficient (Wildman–Crippen LogP) is 4.31. The molecule has 0 aromatic heterocycles. The molecule has 7 nitrogen and oxygen atoms in total. The van der Waals surface area contributed by atoms with Gasteiger partial charge in [0.05, 0.1) is 24.7 Å². The summed E-state index contributed by atoms with van der Waals surface area (Å²) in [6.07, 6.45) is 1.71. The van der Waals surface area contributed by atoms with Crippen LogP contribution in [0.3, 0.4) is 0 Å². The maximum absolute atomic E-state index is 13.0. The molecule has 0 unspecified atom stereocenters. The lowest BCUT2D eigenvalue weighted by atomic mass is 10.0. The lowest BCUT2D eigenvalue weighted by Crippen LogP contribution is -2.42. The fourth-order valence-electron chi connectivity index (χ4n) is 4.10. The first-order valence-corrected chi connectivity index (χ1v) is 12.2. The molecule has 0 N–H and O–H groups in total. The minimum absolute atomic E-state index is 0.0353. The van der Waals surface area contributed by atoms with Crippen LogP contribution in [0.4, 0.5) is 4.79 Å². The molecule has 0 bridgehead atoms. The van der Waals surface area contributed by atoms with Gasteiger partial charge in [-0.3, -0.25) is 19.3 Å². The van der Waals surface area contributed by atoms with E-state index in [1.54, 1.807) is 35.2 Å². The number of amides is 3. The number of ether oxygens (including phenoxy) is 2. The maximum Gasteiger partial charge on any atom is 0.293 e. The van der Waals surface area contributed by atoms with Crippen molar-refractivity contribution in [2.24, 2.45) is 0 Å². The molecular formula is C27H24N2O5S. The van der Waals surface area contributed by atoms with E-state index in [-0.39, 0.29) is 30.2 Å². The van der Waals surface area contributed by atoms with Crippen molar-refractivity contribution in [2.75, 3.05) is 32.9 Å². The third kappa shape index (κ3) is 5.23. The number of benzene rings is 3. The van der Waals surface area contributed by atoms with E-state index >= 15 is 0 Å². The number of nitrogens with zero attached hydrogens (tertiary/aromatic N) is 2. The summed E-state index contributed by atoms with van der Waals surface area (Å²) in [5.74, 6) is 0.189. The fraction of sp³-hybridized carbons (Fsp3) is 0.222. The Morgan fingerprint density at radius 2 is 1.71 bits per heavy atom. The molecule has 3 amide bonds. The molecule has 2 saturated heterocycles. The molecule has 5 rings (SSSR count). The summed E-state index contributed by atoms with van der Waals surface area (Å²) in [6, 6.07) is 20.9. The van der Waals surface area contributed by atoms with Crippen molar-refractivity contribution in [1.29, 1.82) is 0 Å². The molecule has 35 heavy (non-hydrogen) atoms. The molecule has 2 fully saturated rings. The van der Waals surface area contributed by atoms with Gasteiger partial charge >= 0.3 is 0 Å². The summed E-state index contributed by atoms with van der Waals surface area (Å²) in [5, 5.41) is 1.82. The van der Waals surface area contributed by atoms with E-state index in [0.29, 0.717) is 37.0 Å². The average molecular weight is 489 g/mol. The molecule has 0 atom stereocenters. The number of hydrogen-bond donors (Lipinski definition) is 0. The zero-order valence-electron chi connectivity index (χ0n) is 19.0.